The van der Waals surface area contributed by atoms with Crippen LogP contribution in [0.25, 0.3) is 0 Å². The van der Waals surface area contributed by atoms with E-state index in [4.69, 9.17) is 28.4 Å². The van der Waals surface area contributed by atoms with Gasteiger partial charge in [-0.1, -0.05) is 188 Å². The number of unbranched alkanes of at least 4 members (excludes halogenated alkanes) is 1. The Balaban J connectivity index is 0.000000279. The summed E-state index contributed by atoms with van der Waals surface area (Å²) in [4.78, 5) is 87.1. The van der Waals surface area contributed by atoms with Crippen molar-refractivity contribution >= 4 is 47.3 Å². The molecular weight excluding hydrogens is 1390 g/mol. The molecule has 21 nitrogen and oxygen atoms in total. The summed E-state index contributed by atoms with van der Waals surface area (Å²) in [7, 11) is 1.64. The van der Waals surface area contributed by atoms with E-state index >= 15 is 0 Å². The fraction of sp³-hybridized carbons (Fsp3) is 0.506. The summed E-state index contributed by atoms with van der Waals surface area (Å²) >= 11 is 0. The van der Waals surface area contributed by atoms with Crippen LogP contribution in [0.1, 0.15) is 179 Å². The van der Waals surface area contributed by atoms with Crippen LogP contribution >= 0.6 is 0 Å². The number of hydrogen-bond donors (Lipinski definition) is 6. The van der Waals surface area contributed by atoms with Crippen molar-refractivity contribution in [2.45, 2.75) is 188 Å². The molecule has 0 bridgehead atoms. The van der Waals surface area contributed by atoms with Crippen molar-refractivity contribution in [1.82, 2.24) is 26.6 Å². The SMILES string of the molecule is CC(=O)NCCOCCOCCNC(=O)O[C@H]1CC[C@@]2(C)C(=CC[C@H]3[C@@H]4CC[C@H]([C@H](C)CCCC(C)C)[C@@]4(C)CC[C@@H]32)C1.CCCC(=O)N[C@@H](Cc1ccccc1)C(=O)N[C@@H](CCCCNC(c1ccccc1)(c1ccccc1)c1ccc(OC)cc1)C(=O)Nc1ccc(COC(=O)Oc2ccc([N+](=O)[O-])cc2)cc1. The number of hydrogen-bond acceptors (Lipinski definition) is 15. The van der Waals surface area contributed by atoms with Crippen LogP contribution in [0.4, 0.5) is 21.0 Å². The first kappa shape index (κ1) is 84.6. The number of nitro groups is 1. The molecule has 6 aromatic rings. The maximum absolute atomic E-state index is 14.2. The van der Waals surface area contributed by atoms with E-state index in [1.165, 1.54) is 82.6 Å². The molecule has 110 heavy (non-hydrogen) atoms. The average Bonchev–Trinajstić information content (AvgIpc) is 1.44. The predicted octanol–water partition coefficient (Wildman–Crippen LogP) is 16.3. The number of nitro benzene ring substituents is 1. The number of nitrogens with one attached hydrogen (secondary N) is 6. The van der Waals surface area contributed by atoms with Gasteiger partial charge >= 0.3 is 12.2 Å². The van der Waals surface area contributed by atoms with Crippen molar-refractivity contribution in [3.8, 4) is 11.5 Å². The molecule has 0 spiro atoms. The molecule has 0 radical (unpaired) electrons. The highest BCUT2D eigenvalue weighted by Crippen LogP contribution is 2.67. The largest absolute Gasteiger partial charge is 0.514 e. The van der Waals surface area contributed by atoms with E-state index in [-0.39, 0.29) is 66.7 Å². The van der Waals surface area contributed by atoms with Gasteiger partial charge in [-0.05, 0) is 188 Å². The molecular formula is C89H117N7O14. The van der Waals surface area contributed by atoms with Crippen molar-refractivity contribution in [2.24, 2.45) is 46.3 Å². The maximum Gasteiger partial charge on any atom is 0.514 e. The molecule has 0 heterocycles. The Morgan fingerprint density at radius 1 is 0.627 bits per heavy atom. The van der Waals surface area contributed by atoms with Crippen LogP contribution in [0, 0.1) is 56.5 Å². The standard InChI is InChI=1S/C53H55N5O9.C36H62N2O5/c1-3-15-49(59)56-48(36-38-16-7-4-8-17-38)51(61)57-47(50(60)55-43-27-23-39(24-28-43)37-66-52(62)67-46-33-29-44(30-34-46)58(63)64)22-13-14-35-54-53(40-18-9-5-10-19-40,41-20-11-6-12-21-41)42-25-31-45(65-2)32-26-42;1-25(2)8-7-9-26(3)31-12-13-32-30-11-10-28-24-29(14-16-35(28,5)33(30)15-17-36(31,32)6)43-34(40)38-19-21-42-23-22-41-20-18-37-27(4)39/h4-12,16-21,23-34,47-48,54H,3,13-15,22,35-37H2,1-2H3,(H,55,60)(H,56,59)(H,57,61);10,25-26,29-33H,7-9,11-24H2,1-6H3,(H,37,39)(H,38,40)/t47-,48-;26-,29+,30+,31-,32+,33+,35+,36-/m01/s1. The van der Waals surface area contributed by atoms with E-state index in [0.29, 0.717) is 82.0 Å². The van der Waals surface area contributed by atoms with Crippen LogP contribution in [-0.4, -0.2) is 112 Å². The normalized spacial score (nSPS) is 20.6. The van der Waals surface area contributed by atoms with Gasteiger partial charge in [0.1, 0.15) is 36.3 Å². The Hall–Kier alpha value is -9.44. The summed E-state index contributed by atoms with van der Waals surface area (Å²) in [5.41, 5.74) is 6.46. The van der Waals surface area contributed by atoms with Gasteiger partial charge in [0.2, 0.25) is 23.6 Å². The summed E-state index contributed by atoms with van der Waals surface area (Å²) in [6.45, 7) is 19.0. The molecule has 0 aliphatic heterocycles. The van der Waals surface area contributed by atoms with E-state index in [1.54, 1.807) is 36.9 Å². The number of ether oxygens (including phenoxy) is 6. The van der Waals surface area contributed by atoms with Crippen LogP contribution < -0.4 is 41.4 Å². The minimum absolute atomic E-state index is 0.0368. The number of non-ortho nitro benzene ring substituents is 1. The third kappa shape index (κ3) is 23.8. The molecule has 21 heteroatoms. The van der Waals surface area contributed by atoms with Gasteiger partial charge in [-0.15, -0.1) is 0 Å². The molecule has 3 fully saturated rings. The number of nitrogens with zero attached hydrogens (tertiary/aromatic N) is 1. The first-order valence-electron chi connectivity index (χ1n) is 39.8. The lowest BCUT2D eigenvalue weighted by molar-refractivity contribution is -0.384. The highest BCUT2D eigenvalue weighted by Gasteiger charge is 2.59. The molecule has 0 saturated heterocycles. The zero-order chi connectivity index (χ0) is 78.5. The maximum atomic E-state index is 14.2. The van der Waals surface area contributed by atoms with Gasteiger partial charge in [0.05, 0.1) is 44.0 Å². The lowest BCUT2D eigenvalue weighted by atomic mass is 9.47. The van der Waals surface area contributed by atoms with Gasteiger partial charge in [-0.25, -0.2) is 9.59 Å². The number of rotatable bonds is 38. The van der Waals surface area contributed by atoms with Crippen molar-refractivity contribution in [2.75, 3.05) is 58.5 Å². The lowest BCUT2D eigenvalue weighted by Gasteiger charge is -2.58. The number of benzene rings is 6. The molecule has 0 unspecified atom stereocenters. The van der Waals surface area contributed by atoms with E-state index in [0.717, 1.165) is 82.8 Å². The molecule has 3 saturated carbocycles. The Bertz CT molecular complexity index is 3880. The van der Waals surface area contributed by atoms with Gasteiger partial charge in [0.25, 0.3) is 5.69 Å². The van der Waals surface area contributed by atoms with E-state index in [9.17, 15) is 38.9 Å². The molecule has 10 atom stereocenters. The third-order valence-corrected chi connectivity index (χ3v) is 23.2. The van der Waals surface area contributed by atoms with Crippen LogP contribution in [0.15, 0.2) is 175 Å². The number of carbonyl (C=O) groups excluding carboxylic acids is 6. The number of fused-ring (bicyclic) bond motifs is 5. The zero-order valence-corrected chi connectivity index (χ0v) is 65.7. The lowest BCUT2D eigenvalue weighted by Crippen LogP contribution is -2.53. The Labute approximate surface area is 650 Å². The second-order valence-corrected chi connectivity index (χ2v) is 31.0. The Kier molecular flexibility index (Phi) is 32.4. The second-order valence-electron chi connectivity index (χ2n) is 31.0. The monoisotopic (exact) mass is 1510 g/mol. The average molecular weight is 1510 g/mol. The number of allylic oxidation sites excluding steroid dienone is 1. The van der Waals surface area contributed by atoms with Gasteiger partial charge in [-0.2, -0.15) is 0 Å². The molecule has 4 aliphatic carbocycles. The zero-order valence-electron chi connectivity index (χ0n) is 65.7. The molecule has 5 amide bonds. The van der Waals surface area contributed by atoms with E-state index in [1.807, 2.05) is 85.8 Å². The van der Waals surface area contributed by atoms with Crippen molar-refractivity contribution in [3.05, 3.63) is 213 Å². The number of alkyl carbamates (subject to hydrolysis) is 1. The topological polar surface area (TPSA) is 273 Å². The fourth-order valence-corrected chi connectivity index (χ4v) is 17.5. The summed E-state index contributed by atoms with van der Waals surface area (Å²) in [5.74, 6) is 4.62. The van der Waals surface area contributed by atoms with E-state index < -0.39 is 40.5 Å². The third-order valence-electron chi connectivity index (χ3n) is 23.2. The van der Waals surface area contributed by atoms with Gasteiger partial charge in [0.15, 0.2) is 0 Å². The molecule has 6 N–H and O–H groups in total. The number of methoxy groups -OCH3 is 1. The highest BCUT2D eigenvalue weighted by molar-refractivity contribution is 5.98. The minimum atomic E-state index is -0.997. The van der Waals surface area contributed by atoms with Crippen LogP contribution in [0.2, 0.25) is 0 Å². The second kappa shape index (κ2) is 42.1. The Morgan fingerprint density at radius 2 is 1.26 bits per heavy atom. The van der Waals surface area contributed by atoms with Gasteiger partial charge < -0.3 is 55.0 Å². The predicted molar refractivity (Wildman–Crippen MR) is 427 cm³/mol. The number of carbonyl (C=O) groups is 6. The summed E-state index contributed by atoms with van der Waals surface area (Å²) in [6.07, 6.45) is 17.7. The molecule has 0 aromatic heterocycles. The fourth-order valence-electron chi connectivity index (χ4n) is 17.5. The number of amides is 5. The van der Waals surface area contributed by atoms with E-state index in [2.05, 4.69) is 109 Å². The first-order valence-corrected chi connectivity index (χ1v) is 39.8. The van der Waals surface area contributed by atoms with Crippen LogP contribution in [0.3, 0.4) is 0 Å². The van der Waals surface area contributed by atoms with Gasteiger partial charge in [-0.3, -0.25) is 34.6 Å². The minimum Gasteiger partial charge on any atom is -0.497 e. The van der Waals surface area contributed by atoms with Crippen molar-refractivity contribution < 1.29 is 62.1 Å². The van der Waals surface area contributed by atoms with Gasteiger partial charge in [0, 0.05) is 57.1 Å². The highest BCUT2D eigenvalue weighted by atomic mass is 16.7. The number of anilines is 1. The molecule has 592 valence electrons. The first-order chi connectivity index (χ1) is 53.1. The molecule has 6 aromatic carbocycles. The van der Waals surface area contributed by atoms with Crippen LogP contribution in [-0.2, 0) is 56.7 Å². The summed E-state index contributed by atoms with van der Waals surface area (Å²) < 4.78 is 32.6. The Morgan fingerprint density at radius 3 is 1.89 bits per heavy atom. The van der Waals surface area contributed by atoms with Crippen LogP contribution in [0.5, 0.6) is 11.5 Å². The molecule has 4 aliphatic rings. The van der Waals surface area contributed by atoms with Crippen molar-refractivity contribution in [1.29, 1.82) is 0 Å². The molecule has 10 rings (SSSR count). The smallest absolute Gasteiger partial charge is 0.497 e. The quantitative estimate of drug-likeness (QED) is 0.00400. The van der Waals surface area contributed by atoms with Crippen molar-refractivity contribution in [3.63, 3.8) is 0 Å². The summed E-state index contributed by atoms with van der Waals surface area (Å²) in [6, 6.07) is 47.6. The summed E-state index contributed by atoms with van der Waals surface area (Å²) in [5, 5.41) is 29.1.